The van der Waals surface area contributed by atoms with Crippen molar-refractivity contribution in [3.05, 3.63) is 5.69 Å². The lowest BCUT2D eigenvalue weighted by Crippen LogP contribution is -2.27. The Labute approximate surface area is 90.6 Å². The number of amides is 1. The molecule has 0 saturated carbocycles. The zero-order valence-electron chi connectivity index (χ0n) is 8.60. The number of nitrogens with one attached hydrogen (secondary N) is 2. The maximum absolute atomic E-state index is 10.6. The molecule has 1 aromatic heterocycles. The first-order valence-corrected chi connectivity index (χ1v) is 4.44. The number of rotatable bonds is 5. The van der Waals surface area contributed by atoms with Gasteiger partial charge in [-0.3, -0.25) is 4.79 Å². The lowest BCUT2D eigenvalue weighted by Gasteiger charge is -2.03. The third-order valence-electron chi connectivity index (χ3n) is 1.63. The van der Waals surface area contributed by atoms with Gasteiger partial charge < -0.3 is 21.6 Å². The highest BCUT2D eigenvalue weighted by molar-refractivity contribution is 5.99. The van der Waals surface area contributed by atoms with Crippen LogP contribution in [0.1, 0.15) is 12.6 Å². The van der Waals surface area contributed by atoms with Gasteiger partial charge in [-0.05, 0) is 10.3 Å². The Hall–Kier alpha value is -2.32. The molecule has 0 unspecified atom stereocenters. The standard InChI is InChI=1S/C7H12N6O3/c1-4(14)9-2-3-10-7-5(6(8)11-15)12-16-13-7/h15H,2-3H2,1H3,(H2,8,11)(H,9,14)(H,10,13). The molecule has 5 N–H and O–H groups in total. The Kier molecular flexibility index (Phi) is 4.07. The minimum atomic E-state index is -0.205. The van der Waals surface area contributed by atoms with Crippen molar-refractivity contribution in [3.63, 3.8) is 0 Å². The molecule has 88 valence electrons. The first-order chi connectivity index (χ1) is 7.65. The van der Waals surface area contributed by atoms with Crippen molar-refractivity contribution < 1.29 is 14.6 Å². The predicted molar refractivity (Wildman–Crippen MR) is 54.0 cm³/mol. The Bertz CT molecular complexity index is 387. The first kappa shape index (κ1) is 11.8. The van der Waals surface area contributed by atoms with Crippen molar-refractivity contribution in [2.75, 3.05) is 18.4 Å². The van der Waals surface area contributed by atoms with Crippen molar-refractivity contribution in [2.45, 2.75) is 6.92 Å². The molecule has 0 aromatic carbocycles. The van der Waals surface area contributed by atoms with Gasteiger partial charge in [-0.1, -0.05) is 5.16 Å². The molecule has 0 fully saturated rings. The van der Waals surface area contributed by atoms with E-state index in [0.717, 1.165) is 0 Å². The summed E-state index contributed by atoms with van der Waals surface area (Å²) in [6.45, 7) is 2.25. The van der Waals surface area contributed by atoms with Crippen molar-refractivity contribution in [1.29, 1.82) is 0 Å². The van der Waals surface area contributed by atoms with E-state index in [2.05, 4.69) is 30.7 Å². The molecule has 1 aromatic rings. The molecule has 1 heterocycles. The predicted octanol–water partition coefficient (Wildman–Crippen LogP) is -1.29. The molecule has 0 spiro atoms. The number of nitrogens with two attached hydrogens (primary N) is 1. The molecule has 1 amide bonds. The molecule has 1 rings (SSSR count). The molecule has 16 heavy (non-hydrogen) atoms. The molecular formula is C7H12N6O3. The number of aromatic nitrogens is 2. The van der Waals surface area contributed by atoms with Gasteiger partial charge in [0, 0.05) is 20.0 Å². The fourth-order valence-electron chi connectivity index (χ4n) is 0.939. The van der Waals surface area contributed by atoms with Gasteiger partial charge in [-0.2, -0.15) is 0 Å². The van der Waals surface area contributed by atoms with Crippen LogP contribution >= 0.6 is 0 Å². The molecular weight excluding hydrogens is 216 g/mol. The lowest BCUT2D eigenvalue weighted by molar-refractivity contribution is -0.118. The molecule has 0 bridgehead atoms. The average Bonchev–Trinajstić information content (AvgIpc) is 2.71. The molecule has 0 aliphatic rings. The average molecular weight is 228 g/mol. The Morgan fingerprint density at radius 2 is 2.31 bits per heavy atom. The van der Waals surface area contributed by atoms with Crippen LogP contribution < -0.4 is 16.4 Å². The highest BCUT2D eigenvalue weighted by Crippen LogP contribution is 2.07. The molecule has 9 nitrogen and oxygen atoms in total. The van der Waals surface area contributed by atoms with E-state index in [1.807, 2.05) is 0 Å². The maximum Gasteiger partial charge on any atom is 0.216 e. The SMILES string of the molecule is CC(=O)NCCNc1nonc1/C(N)=N/O. The van der Waals surface area contributed by atoms with Crippen LogP contribution in [0.3, 0.4) is 0 Å². The number of carbonyl (C=O) groups excluding carboxylic acids is 1. The fraction of sp³-hybridized carbons (Fsp3) is 0.429. The van der Waals surface area contributed by atoms with Crippen LogP contribution in [0.15, 0.2) is 9.78 Å². The second kappa shape index (κ2) is 5.53. The van der Waals surface area contributed by atoms with Gasteiger partial charge in [0.1, 0.15) is 0 Å². The second-order valence-electron chi connectivity index (χ2n) is 2.86. The summed E-state index contributed by atoms with van der Waals surface area (Å²) >= 11 is 0. The summed E-state index contributed by atoms with van der Waals surface area (Å²) in [4.78, 5) is 10.6. The summed E-state index contributed by atoms with van der Waals surface area (Å²) in [6.07, 6.45) is 0. The van der Waals surface area contributed by atoms with Gasteiger partial charge >= 0.3 is 0 Å². The number of carbonyl (C=O) groups is 1. The highest BCUT2D eigenvalue weighted by Gasteiger charge is 2.13. The van der Waals surface area contributed by atoms with Gasteiger partial charge in [-0.25, -0.2) is 4.63 Å². The van der Waals surface area contributed by atoms with E-state index >= 15 is 0 Å². The maximum atomic E-state index is 10.6. The monoisotopic (exact) mass is 228 g/mol. The van der Waals surface area contributed by atoms with Crippen LogP contribution in [0.4, 0.5) is 5.82 Å². The van der Waals surface area contributed by atoms with E-state index in [1.165, 1.54) is 6.92 Å². The second-order valence-corrected chi connectivity index (χ2v) is 2.86. The molecule has 0 aliphatic heterocycles. The van der Waals surface area contributed by atoms with Gasteiger partial charge in [0.25, 0.3) is 0 Å². The largest absolute Gasteiger partial charge is 0.409 e. The zero-order chi connectivity index (χ0) is 12.0. The van der Waals surface area contributed by atoms with Gasteiger partial charge in [0.05, 0.1) is 0 Å². The van der Waals surface area contributed by atoms with E-state index in [-0.39, 0.29) is 23.3 Å². The molecule has 9 heteroatoms. The number of anilines is 1. The first-order valence-electron chi connectivity index (χ1n) is 4.44. The van der Waals surface area contributed by atoms with Gasteiger partial charge in [0.15, 0.2) is 11.5 Å². The molecule has 0 aliphatic carbocycles. The highest BCUT2D eigenvalue weighted by atomic mass is 16.6. The van der Waals surface area contributed by atoms with Crippen molar-refractivity contribution in [2.24, 2.45) is 10.9 Å². The smallest absolute Gasteiger partial charge is 0.216 e. The van der Waals surface area contributed by atoms with Crippen molar-refractivity contribution in [1.82, 2.24) is 15.6 Å². The topological polar surface area (TPSA) is 139 Å². The van der Waals surface area contributed by atoms with Gasteiger partial charge in [-0.15, -0.1) is 0 Å². The minimum absolute atomic E-state index is 0.116. The number of nitrogens with zero attached hydrogens (tertiary/aromatic N) is 3. The van der Waals surface area contributed by atoms with E-state index < -0.39 is 0 Å². The summed E-state index contributed by atoms with van der Waals surface area (Å²) in [5.41, 5.74) is 5.44. The van der Waals surface area contributed by atoms with Crippen LogP contribution in [-0.2, 0) is 4.79 Å². The summed E-state index contributed by atoms with van der Waals surface area (Å²) < 4.78 is 4.42. The van der Waals surface area contributed by atoms with Crippen LogP contribution in [0.25, 0.3) is 0 Å². The van der Waals surface area contributed by atoms with Crippen LogP contribution in [-0.4, -0.2) is 40.4 Å². The Morgan fingerprint density at radius 1 is 1.56 bits per heavy atom. The summed E-state index contributed by atoms with van der Waals surface area (Å²) in [6, 6.07) is 0. The summed E-state index contributed by atoms with van der Waals surface area (Å²) in [7, 11) is 0. The third-order valence-corrected chi connectivity index (χ3v) is 1.63. The third kappa shape index (κ3) is 3.12. The van der Waals surface area contributed by atoms with E-state index in [4.69, 9.17) is 10.9 Å². The number of hydrogen-bond acceptors (Lipinski definition) is 7. The van der Waals surface area contributed by atoms with Crippen molar-refractivity contribution in [3.8, 4) is 0 Å². The van der Waals surface area contributed by atoms with Crippen LogP contribution in [0, 0.1) is 0 Å². The van der Waals surface area contributed by atoms with Crippen LogP contribution in [0.5, 0.6) is 0 Å². The van der Waals surface area contributed by atoms with E-state index in [1.54, 1.807) is 0 Å². The summed E-state index contributed by atoms with van der Waals surface area (Å²) in [5, 5.41) is 23.6. The number of hydrogen-bond donors (Lipinski definition) is 4. The Morgan fingerprint density at radius 3 is 2.94 bits per heavy atom. The lowest BCUT2D eigenvalue weighted by atomic mass is 10.4. The fourth-order valence-corrected chi connectivity index (χ4v) is 0.939. The molecule has 0 atom stereocenters. The number of amidine groups is 1. The summed E-state index contributed by atoms with van der Waals surface area (Å²) in [5.74, 6) is -0.0827. The van der Waals surface area contributed by atoms with E-state index in [9.17, 15) is 4.79 Å². The van der Waals surface area contributed by atoms with Crippen LogP contribution in [0.2, 0.25) is 0 Å². The van der Waals surface area contributed by atoms with E-state index in [0.29, 0.717) is 13.1 Å². The number of oxime groups is 1. The quantitative estimate of drug-likeness (QED) is 0.162. The Balaban J connectivity index is 2.48. The van der Waals surface area contributed by atoms with Crippen molar-refractivity contribution >= 4 is 17.6 Å². The minimum Gasteiger partial charge on any atom is -0.409 e. The normalized spacial score (nSPS) is 11.2. The molecule has 0 radical (unpaired) electrons. The van der Waals surface area contributed by atoms with Gasteiger partial charge in [0.2, 0.25) is 11.7 Å². The zero-order valence-corrected chi connectivity index (χ0v) is 8.60. The molecule has 0 saturated heterocycles.